The highest BCUT2D eigenvalue weighted by atomic mass is 32.1. The number of aromatic nitrogens is 2. The Kier molecular flexibility index (Phi) is 4.11. The van der Waals surface area contributed by atoms with Crippen LogP contribution in [0.15, 0.2) is 0 Å². The number of hydrogen-bond donors (Lipinski definition) is 1. The van der Waals surface area contributed by atoms with Gasteiger partial charge in [0, 0.05) is 13.1 Å². The van der Waals surface area contributed by atoms with Crippen LogP contribution < -0.4 is 4.90 Å². The summed E-state index contributed by atoms with van der Waals surface area (Å²) in [5, 5.41) is 18.7. The summed E-state index contributed by atoms with van der Waals surface area (Å²) in [6, 6.07) is 0. The summed E-state index contributed by atoms with van der Waals surface area (Å²) in [6.07, 6.45) is 1.05. The van der Waals surface area contributed by atoms with Gasteiger partial charge in [-0.1, -0.05) is 18.3 Å². The molecule has 1 aromatic rings. The van der Waals surface area contributed by atoms with Crippen molar-refractivity contribution < 1.29 is 5.11 Å². The van der Waals surface area contributed by atoms with E-state index < -0.39 is 0 Å². The zero-order valence-electron chi connectivity index (χ0n) is 8.03. The highest BCUT2D eigenvalue weighted by Gasteiger charge is 2.08. The van der Waals surface area contributed by atoms with E-state index in [1.54, 1.807) is 11.3 Å². The number of aliphatic hydroxyl groups excluding tert-OH is 1. The second-order valence-corrected chi connectivity index (χ2v) is 3.97. The Bertz CT molecular complexity index is 245. The second kappa shape index (κ2) is 5.14. The third kappa shape index (κ3) is 2.93. The van der Waals surface area contributed by atoms with Gasteiger partial charge in [0.2, 0.25) is 5.13 Å². The fourth-order valence-corrected chi connectivity index (χ4v) is 1.85. The van der Waals surface area contributed by atoms with Crippen LogP contribution in [0.25, 0.3) is 0 Å². The molecular formula is C8H15N3OS. The van der Waals surface area contributed by atoms with Crippen LogP contribution in [0, 0.1) is 6.92 Å². The lowest BCUT2D eigenvalue weighted by molar-refractivity contribution is 0.301. The molecule has 1 N–H and O–H groups in total. The third-order valence-electron chi connectivity index (χ3n) is 1.65. The van der Waals surface area contributed by atoms with E-state index in [9.17, 15) is 0 Å². The van der Waals surface area contributed by atoms with Crippen molar-refractivity contribution in [3.63, 3.8) is 0 Å². The zero-order chi connectivity index (χ0) is 9.68. The highest BCUT2D eigenvalue weighted by Crippen LogP contribution is 2.18. The molecule has 1 heterocycles. The highest BCUT2D eigenvalue weighted by molar-refractivity contribution is 7.15. The van der Waals surface area contributed by atoms with Crippen LogP contribution >= 0.6 is 11.3 Å². The Balaban J connectivity index is 2.63. The summed E-state index contributed by atoms with van der Waals surface area (Å²) >= 11 is 1.57. The second-order valence-electron chi connectivity index (χ2n) is 2.81. The fourth-order valence-electron chi connectivity index (χ4n) is 1.11. The third-order valence-corrected chi connectivity index (χ3v) is 2.55. The van der Waals surface area contributed by atoms with Crippen molar-refractivity contribution in [2.24, 2.45) is 0 Å². The Morgan fingerprint density at radius 2 is 2.15 bits per heavy atom. The molecule has 0 saturated heterocycles. The molecular weight excluding hydrogens is 186 g/mol. The van der Waals surface area contributed by atoms with Gasteiger partial charge in [-0.2, -0.15) is 0 Å². The van der Waals surface area contributed by atoms with Gasteiger partial charge in [0.15, 0.2) is 0 Å². The van der Waals surface area contributed by atoms with Crippen molar-refractivity contribution in [1.82, 2.24) is 10.2 Å². The maximum atomic E-state index is 8.85. The van der Waals surface area contributed by atoms with Gasteiger partial charge in [-0.3, -0.25) is 0 Å². The lowest BCUT2D eigenvalue weighted by Gasteiger charge is -2.18. The Morgan fingerprint density at radius 1 is 1.38 bits per heavy atom. The number of anilines is 1. The van der Waals surface area contributed by atoms with E-state index in [2.05, 4.69) is 22.0 Å². The molecule has 0 atom stereocenters. The summed E-state index contributed by atoms with van der Waals surface area (Å²) in [6.45, 7) is 5.78. The monoisotopic (exact) mass is 201 g/mol. The zero-order valence-corrected chi connectivity index (χ0v) is 8.84. The van der Waals surface area contributed by atoms with Gasteiger partial charge in [0.05, 0.1) is 6.61 Å². The molecule has 0 aliphatic rings. The Morgan fingerprint density at radius 3 is 2.62 bits per heavy atom. The molecule has 5 heteroatoms. The van der Waals surface area contributed by atoms with Crippen molar-refractivity contribution in [2.75, 3.05) is 24.6 Å². The minimum atomic E-state index is 0.165. The normalized spacial score (nSPS) is 10.4. The fraction of sp³-hybridized carbons (Fsp3) is 0.750. The molecule has 4 nitrogen and oxygen atoms in total. The van der Waals surface area contributed by atoms with Gasteiger partial charge in [-0.25, -0.2) is 0 Å². The van der Waals surface area contributed by atoms with Crippen molar-refractivity contribution in [1.29, 1.82) is 0 Å². The van der Waals surface area contributed by atoms with Crippen LogP contribution in [0.2, 0.25) is 0 Å². The maximum Gasteiger partial charge on any atom is 0.208 e. The molecule has 0 saturated carbocycles. The van der Waals surface area contributed by atoms with E-state index in [0.29, 0.717) is 6.54 Å². The number of nitrogens with zero attached hydrogens (tertiary/aromatic N) is 3. The van der Waals surface area contributed by atoms with Gasteiger partial charge >= 0.3 is 0 Å². The number of aryl methyl sites for hydroxylation is 1. The molecule has 13 heavy (non-hydrogen) atoms. The molecule has 0 unspecified atom stereocenters. The first-order chi connectivity index (χ1) is 6.27. The van der Waals surface area contributed by atoms with Crippen LogP contribution in [0.4, 0.5) is 5.13 Å². The first-order valence-electron chi connectivity index (χ1n) is 4.43. The lowest BCUT2D eigenvalue weighted by atomic mass is 10.4. The average Bonchev–Trinajstić information content (AvgIpc) is 2.51. The summed E-state index contributed by atoms with van der Waals surface area (Å²) in [7, 11) is 0. The molecule has 0 aliphatic carbocycles. The maximum absolute atomic E-state index is 8.85. The SMILES string of the molecule is CCCN(CCO)c1nnc(C)s1. The van der Waals surface area contributed by atoms with Crippen molar-refractivity contribution in [3.8, 4) is 0 Å². The first kappa shape index (κ1) is 10.4. The summed E-state index contributed by atoms with van der Waals surface area (Å²) in [5.74, 6) is 0. The van der Waals surface area contributed by atoms with Crippen LogP contribution in [-0.4, -0.2) is 35.0 Å². The predicted molar refractivity (Wildman–Crippen MR) is 54.2 cm³/mol. The van der Waals surface area contributed by atoms with Crippen LogP contribution in [-0.2, 0) is 0 Å². The Labute approximate surface area is 82.2 Å². The molecule has 0 aliphatic heterocycles. The van der Waals surface area contributed by atoms with Crippen molar-refractivity contribution in [3.05, 3.63) is 5.01 Å². The average molecular weight is 201 g/mol. The molecule has 0 fully saturated rings. The molecule has 1 rings (SSSR count). The van der Waals surface area contributed by atoms with Gasteiger partial charge in [-0.15, -0.1) is 10.2 Å². The van der Waals surface area contributed by atoms with Crippen LogP contribution in [0.3, 0.4) is 0 Å². The summed E-state index contributed by atoms with van der Waals surface area (Å²) < 4.78 is 0. The molecule has 0 radical (unpaired) electrons. The Hall–Kier alpha value is -0.680. The number of rotatable bonds is 5. The minimum Gasteiger partial charge on any atom is -0.395 e. The quantitative estimate of drug-likeness (QED) is 0.773. The summed E-state index contributed by atoms with van der Waals surface area (Å²) in [4.78, 5) is 2.06. The summed E-state index contributed by atoms with van der Waals surface area (Å²) in [5.41, 5.74) is 0. The van der Waals surface area contributed by atoms with E-state index >= 15 is 0 Å². The number of aliphatic hydroxyl groups is 1. The van der Waals surface area contributed by atoms with Crippen molar-refractivity contribution >= 4 is 16.5 Å². The molecule has 0 spiro atoms. The standard InChI is InChI=1S/C8H15N3OS/c1-3-4-11(5-6-12)8-10-9-7(2)13-8/h12H,3-6H2,1-2H3. The van der Waals surface area contributed by atoms with Gasteiger partial charge in [0.1, 0.15) is 5.01 Å². The van der Waals surface area contributed by atoms with E-state index in [1.807, 2.05) is 6.92 Å². The van der Waals surface area contributed by atoms with E-state index in [1.165, 1.54) is 0 Å². The smallest absolute Gasteiger partial charge is 0.208 e. The minimum absolute atomic E-state index is 0.165. The van der Waals surface area contributed by atoms with E-state index in [4.69, 9.17) is 5.11 Å². The molecule has 1 aromatic heterocycles. The molecule has 0 amide bonds. The van der Waals surface area contributed by atoms with Gasteiger partial charge in [-0.05, 0) is 13.3 Å². The van der Waals surface area contributed by atoms with Gasteiger partial charge < -0.3 is 10.0 Å². The van der Waals surface area contributed by atoms with Crippen LogP contribution in [0.5, 0.6) is 0 Å². The molecule has 0 aromatic carbocycles. The largest absolute Gasteiger partial charge is 0.395 e. The van der Waals surface area contributed by atoms with Gasteiger partial charge in [0.25, 0.3) is 0 Å². The molecule has 0 bridgehead atoms. The first-order valence-corrected chi connectivity index (χ1v) is 5.25. The van der Waals surface area contributed by atoms with Crippen molar-refractivity contribution in [2.45, 2.75) is 20.3 Å². The lowest BCUT2D eigenvalue weighted by Crippen LogP contribution is -2.27. The van der Waals surface area contributed by atoms with Crippen LogP contribution in [0.1, 0.15) is 18.4 Å². The van der Waals surface area contributed by atoms with E-state index in [-0.39, 0.29) is 6.61 Å². The predicted octanol–water partition coefficient (Wildman–Crippen LogP) is 1.06. The topological polar surface area (TPSA) is 49.2 Å². The van der Waals surface area contributed by atoms with E-state index in [0.717, 1.165) is 23.1 Å². The molecule has 74 valence electrons. The number of hydrogen-bond acceptors (Lipinski definition) is 5.